The van der Waals surface area contributed by atoms with Crippen LogP contribution in [0.25, 0.3) is 20.2 Å². The summed E-state index contributed by atoms with van der Waals surface area (Å²) in [4.78, 5) is 11.4. The summed E-state index contributed by atoms with van der Waals surface area (Å²) in [7, 11) is 0. The normalized spacial score (nSPS) is 11.4. The average Bonchev–Trinajstić information content (AvgIpc) is 2.57. The molecule has 0 radical (unpaired) electrons. The summed E-state index contributed by atoms with van der Waals surface area (Å²) in [6.45, 7) is 3.90. The molecular formula is C13H10O2S. The van der Waals surface area contributed by atoms with E-state index in [9.17, 15) is 4.79 Å². The molecule has 3 rings (SSSR count). The van der Waals surface area contributed by atoms with Crippen molar-refractivity contribution >= 4 is 31.5 Å². The zero-order chi connectivity index (χ0) is 11.3. The predicted octanol–water partition coefficient (Wildman–Crippen LogP) is 3.62. The van der Waals surface area contributed by atoms with Crippen LogP contribution in [0.2, 0.25) is 0 Å². The first kappa shape index (κ1) is 9.60. The van der Waals surface area contributed by atoms with E-state index in [2.05, 4.69) is 25.1 Å². The minimum atomic E-state index is -0.272. The van der Waals surface area contributed by atoms with Crippen molar-refractivity contribution in [2.75, 3.05) is 0 Å². The highest BCUT2D eigenvalue weighted by molar-refractivity contribution is 7.26. The number of hydrogen-bond donors (Lipinski definition) is 0. The van der Waals surface area contributed by atoms with Crippen LogP contribution in [0, 0.1) is 13.8 Å². The number of aryl methyl sites for hydroxylation is 2. The molecule has 3 aromatic rings. The third-order valence-corrected chi connectivity index (χ3v) is 4.00. The fourth-order valence-electron chi connectivity index (χ4n) is 1.98. The third-order valence-electron chi connectivity index (χ3n) is 2.72. The Balaban J connectivity index is 2.62. The maximum absolute atomic E-state index is 11.4. The maximum atomic E-state index is 11.4. The Hall–Kier alpha value is -1.61. The third kappa shape index (κ3) is 1.28. The molecule has 0 spiro atoms. The Labute approximate surface area is 96.1 Å². The van der Waals surface area contributed by atoms with Gasteiger partial charge < -0.3 is 4.42 Å². The quantitative estimate of drug-likeness (QED) is 0.590. The van der Waals surface area contributed by atoms with Crippen molar-refractivity contribution in [2.45, 2.75) is 13.8 Å². The molecule has 0 atom stereocenters. The number of rotatable bonds is 0. The van der Waals surface area contributed by atoms with E-state index in [-0.39, 0.29) is 5.63 Å². The van der Waals surface area contributed by atoms with Crippen LogP contribution >= 0.6 is 11.3 Å². The Bertz CT molecular complexity index is 750. The van der Waals surface area contributed by atoms with E-state index in [0.717, 1.165) is 15.5 Å². The monoisotopic (exact) mass is 230 g/mol. The minimum absolute atomic E-state index is 0.272. The molecule has 16 heavy (non-hydrogen) atoms. The number of fused-ring (bicyclic) bond motifs is 3. The van der Waals surface area contributed by atoms with E-state index in [1.165, 1.54) is 10.3 Å². The van der Waals surface area contributed by atoms with Gasteiger partial charge in [0.25, 0.3) is 0 Å². The lowest BCUT2D eigenvalue weighted by atomic mass is 10.1. The summed E-state index contributed by atoms with van der Waals surface area (Å²) in [5.74, 6) is 0.710. The molecule has 0 aliphatic heterocycles. The first-order valence-electron chi connectivity index (χ1n) is 5.09. The van der Waals surface area contributed by atoms with Crippen LogP contribution in [-0.2, 0) is 0 Å². The predicted molar refractivity (Wildman–Crippen MR) is 67.3 cm³/mol. The first-order chi connectivity index (χ1) is 7.65. The van der Waals surface area contributed by atoms with Gasteiger partial charge in [0.15, 0.2) is 0 Å². The summed E-state index contributed by atoms with van der Waals surface area (Å²) in [5.41, 5.74) is 0.935. The van der Waals surface area contributed by atoms with Gasteiger partial charge in [-0.25, -0.2) is 4.79 Å². The van der Waals surface area contributed by atoms with Crippen molar-refractivity contribution in [3.8, 4) is 0 Å². The lowest BCUT2D eigenvalue weighted by molar-refractivity contribution is 0.489. The summed E-state index contributed by atoms with van der Waals surface area (Å²) in [6, 6.07) is 7.88. The molecule has 3 heteroatoms. The Kier molecular flexibility index (Phi) is 1.91. The van der Waals surface area contributed by atoms with Crippen molar-refractivity contribution in [1.82, 2.24) is 0 Å². The second-order valence-electron chi connectivity index (χ2n) is 3.97. The van der Waals surface area contributed by atoms with Crippen molar-refractivity contribution in [2.24, 2.45) is 0 Å². The van der Waals surface area contributed by atoms with Gasteiger partial charge in [-0.15, -0.1) is 11.3 Å². The van der Waals surface area contributed by atoms with Crippen LogP contribution in [0.15, 0.2) is 33.5 Å². The smallest absolute Gasteiger partial charge is 0.336 e. The molecule has 0 unspecified atom stereocenters. The lowest BCUT2D eigenvalue weighted by Crippen LogP contribution is -1.95. The topological polar surface area (TPSA) is 30.2 Å². The Morgan fingerprint density at radius 1 is 1.12 bits per heavy atom. The molecule has 0 fully saturated rings. The maximum Gasteiger partial charge on any atom is 0.336 e. The van der Waals surface area contributed by atoms with Crippen molar-refractivity contribution < 1.29 is 4.42 Å². The van der Waals surface area contributed by atoms with Crippen LogP contribution in [-0.4, -0.2) is 0 Å². The molecule has 2 heterocycles. The molecule has 0 aliphatic carbocycles. The molecule has 2 aromatic heterocycles. The molecule has 2 nitrogen and oxygen atoms in total. The van der Waals surface area contributed by atoms with Crippen molar-refractivity contribution in [3.63, 3.8) is 0 Å². The highest BCUT2D eigenvalue weighted by atomic mass is 32.1. The molecule has 0 saturated heterocycles. The summed E-state index contributed by atoms with van der Waals surface area (Å²) < 4.78 is 7.37. The molecule has 0 aliphatic rings. The van der Waals surface area contributed by atoms with Crippen LogP contribution in [0.3, 0.4) is 0 Å². The van der Waals surface area contributed by atoms with Gasteiger partial charge >= 0.3 is 5.63 Å². The lowest BCUT2D eigenvalue weighted by Gasteiger charge is -1.94. The van der Waals surface area contributed by atoms with Crippen molar-refractivity contribution in [3.05, 3.63) is 46.0 Å². The molecule has 0 amide bonds. The molecule has 1 aromatic carbocycles. The van der Waals surface area contributed by atoms with Gasteiger partial charge in [0.2, 0.25) is 0 Å². The van der Waals surface area contributed by atoms with Crippen LogP contribution in [0.5, 0.6) is 0 Å². The first-order valence-corrected chi connectivity index (χ1v) is 5.90. The SMILES string of the molecule is Cc1ccc2sc3c(C)oc(=O)cc3c2c1. The van der Waals surface area contributed by atoms with Crippen molar-refractivity contribution in [1.29, 1.82) is 0 Å². The summed E-state index contributed by atoms with van der Waals surface area (Å²) in [5, 5.41) is 2.16. The van der Waals surface area contributed by atoms with E-state index in [0.29, 0.717) is 5.76 Å². The van der Waals surface area contributed by atoms with Gasteiger partial charge in [0.1, 0.15) is 5.76 Å². The second kappa shape index (κ2) is 3.19. The molecule has 0 bridgehead atoms. The second-order valence-corrected chi connectivity index (χ2v) is 5.02. The largest absolute Gasteiger partial charge is 0.427 e. The summed E-state index contributed by atoms with van der Waals surface area (Å²) in [6.07, 6.45) is 0. The van der Waals surface area contributed by atoms with Gasteiger partial charge in [-0.1, -0.05) is 11.6 Å². The molecule has 80 valence electrons. The van der Waals surface area contributed by atoms with Gasteiger partial charge in [-0.2, -0.15) is 0 Å². The van der Waals surface area contributed by atoms with Crippen LogP contribution in [0.4, 0.5) is 0 Å². The Morgan fingerprint density at radius 2 is 1.94 bits per heavy atom. The van der Waals surface area contributed by atoms with Crippen LogP contribution in [0.1, 0.15) is 11.3 Å². The number of hydrogen-bond acceptors (Lipinski definition) is 3. The molecule has 0 N–H and O–H groups in total. The Morgan fingerprint density at radius 3 is 2.75 bits per heavy atom. The summed E-state index contributed by atoms with van der Waals surface area (Å²) >= 11 is 1.67. The van der Waals surface area contributed by atoms with E-state index in [1.54, 1.807) is 17.4 Å². The number of thiophene rings is 1. The van der Waals surface area contributed by atoms with E-state index < -0.39 is 0 Å². The average molecular weight is 230 g/mol. The highest BCUT2D eigenvalue weighted by Crippen LogP contribution is 2.35. The molecule has 0 saturated carbocycles. The van der Waals surface area contributed by atoms with Crippen LogP contribution < -0.4 is 5.63 Å². The fraction of sp³-hybridized carbons (Fsp3) is 0.154. The number of benzene rings is 1. The van der Waals surface area contributed by atoms with Gasteiger partial charge in [-0.3, -0.25) is 0 Å². The zero-order valence-electron chi connectivity index (χ0n) is 9.03. The highest BCUT2D eigenvalue weighted by Gasteiger charge is 2.09. The minimum Gasteiger partial charge on any atom is -0.427 e. The zero-order valence-corrected chi connectivity index (χ0v) is 9.85. The van der Waals surface area contributed by atoms with Gasteiger partial charge in [0, 0.05) is 21.5 Å². The van der Waals surface area contributed by atoms with E-state index in [1.807, 2.05) is 6.92 Å². The van der Waals surface area contributed by atoms with E-state index in [4.69, 9.17) is 4.42 Å². The van der Waals surface area contributed by atoms with Gasteiger partial charge in [-0.05, 0) is 26.0 Å². The fourth-order valence-corrected chi connectivity index (χ4v) is 3.08. The molecular weight excluding hydrogens is 220 g/mol. The standard InChI is InChI=1S/C13H10O2S/c1-7-3-4-11-9(5-7)10-6-12(14)15-8(2)13(10)16-11/h3-6H,1-2H3. The van der Waals surface area contributed by atoms with Gasteiger partial charge in [0.05, 0.1) is 4.70 Å². The van der Waals surface area contributed by atoms with E-state index >= 15 is 0 Å².